The van der Waals surface area contributed by atoms with E-state index >= 15 is 0 Å². The van der Waals surface area contributed by atoms with Crippen LogP contribution in [-0.2, 0) is 0 Å². The van der Waals surface area contributed by atoms with E-state index in [4.69, 9.17) is 23.2 Å². The molecule has 0 spiro atoms. The molecule has 13 heavy (non-hydrogen) atoms. The molecule has 1 aromatic rings. The molecule has 0 aliphatic rings. The lowest BCUT2D eigenvalue weighted by Gasteiger charge is -2.05. The Balaban J connectivity index is 2.77. The summed E-state index contributed by atoms with van der Waals surface area (Å²) in [5.74, 6) is 0. The minimum Gasteiger partial charge on any atom is -0.192 e. The molecule has 3 nitrogen and oxygen atoms in total. The lowest BCUT2D eigenvalue weighted by molar-refractivity contribution is 0.866. The van der Waals surface area contributed by atoms with Crippen LogP contribution in [0.5, 0.6) is 0 Å². The molecule has 0 saturated carbocycles. The summed E-state index contributed by atoms with van der Waals surface area (Å²) >= 11 is 12.8. The highest BCUT2D eigenvalue weighted by atomic mass is 35.5. The average molecular weight is 238 g/mol. The van der Waals surface area contributed by atoms with Gasteiger partial charge in [0.05, 0.1) is 0 Å². The van der Waals surface area contributed by atoms with Crippen LogP contribution in [0.25, 0.3) is 0 Å². The Hall–Kier alpha value is -0.0600. The van der Waals surface area contributed by atoms with Crippen LogP contribution in [0.1, 0.15) is 20.3 Å². The molecule has 0 fully saturated rings. The van der Waals surface area contributed by atoms with Gasteiger partial charge in [0, 0.05) is 5.25 Å². The number of halogens is 2. The van der Waals surface area contributed by atoms with Crippen LogP contribution in [0.4, 0.5) is 0 Å². The number of thioether (sulfide) groups is 1. The first kappa shape index (κ1) is 11.0. The molecule has 1 unspecified atom stereocenters. The standard InChI is InChI=1S/C7H9Cl2N3S/c1-3-4(2)13-7-11-5(8)10-6(9)12-7/h4H,3H2,1-2H3. The van der Waals surface area contributed by atoms with Crippen molar-refractivity contribution in [1.82, 2.24) is 15.0 Å². The fraction of sp³-hybridized carbons (Fsp3) is 0.571. The molecule has 72 valence electrons. The minimum absolute atomic E-state index is 0.144. The van der Waals surface area contributed by atoms with Gasteiger partial charge >= 0.3 is 0 Å². The molecule has 0 radical (unpaired) electrons. The van der Waals surface area contributed by atoms with Crippen molar-refractivity contribution in [2.24, 2.45) is 0 Å². The van der Waals surface area contributed by atoms with Gasteiger partial charge in [0.1, 0.15) is 0 Å². The van der Waals surface area contributed by atoms with Crippen LogP contribution in [-0.4, -0.2) is 20.2 Å². The molecule has 0 bridgehead atoms. The van der Waals surface area contributed by atoms with Crippen molar-refractivity contribution < 1.29 is 0 Å². The maximum Gasteiger partial charge on any atom is 0.227 e. The summed E-state index contributed by atoms with van der Waals surface area (Å²) in [5, 5.41) is 1.32. The summed E-state index contributed by atoms with van der Waals surface area (Å²) in [7, 11) is 0. The Morgan fingerprint density at radius 1 is 1.23 bits per heavy atom. The van der Waals surface area contributed by atoms with E-state index in [0.29, 0.717) is 10.4 Å². The summed E-state index contributed by atoms with van der Waals surface area (Å²) < 4.78 is 0. The third-order valence-corrected chi connectivity index (χ3v) is 2.91. The van der Waals surface area contributed by atoms with Gasteiger partial charge in [-0.05, 0) is 29.6 Å². The number of aromatic nitrogens is 3. The molecule has 1 aromatic heterocycles. The van der Waals surface area contributed by atoms with Gasteiger partial charge in [-0.2, -0.15) is 15.0 Å². The molecule has 0 amide bonds. The monoisotopic (exact) mass is 237 g/mol. The van der Waals surface area contributed by atoms with E-state index in [2.05, 4.69) is 28.8 Å². The minimum atomic E-state index is 0.144. The van der Waals surface area contributed by atoms with E-state index in [9.17, 15) is 0 Å². The highest BCUT2D eigenvalue weighted by molar-refractivity contribution is 7.99. The molecule has 1 atom stereocenters. The second-order valence-electron chi connectivity index (χ2n) is 2.49. The highest BCUT2D eigenvalue weighted by Gasteiger charge is 2.07. The Morgan fingerprint density at radius 3 is 2.23 bits per heavy atom. The second-order valence-corrected chi connectivity index (χ2v) is 4.57. The summed E-state index contributed by atoms with van der Waals surface area (Å²) in [6.07, 6.45) is 1.05. The Morgan fingerprint density at radius 2 is 1.77 bits per heavy atom. The lowest BCUT2D eigenvalue weighted by Crippen LogP contribution is -1.97. The van der Waals surface area contributed by atoms with Crippen molar-refractivity contribution in [3.63, 3.8) is 0 Å². The smallest absolute Gasteiger partial charge is 0.192 e. The van der Waals surface area contributed by atoms with E-state index < -0.39 is 0 Å². The van der Waals surface area contributed by atoms with E-state index in [0.717, 1.165) is 6.42 Å². The zero-order valence-corrected chi connectivity index (χ0v) is 9.62. The predicted molar refractivity (Wildman–Crippen MR) is 55.5 cm³/mol. The number of hydrogen-bond acceptors (Lipinski definition) is 4. The van der Waals surface area contributed by atoms with E-state index in [1.165, 1.54) is 0 Å². The van der Waals surface area contributed by atoms with Crippen LogP contribution in [0.3, 0.4) is 0 Å². The third-order valence-electron chi connectivity index (χ3n) is 1.44. The Kier molecular flexibility index (Phi) is 4.22. The van der Waals surface area contributed by atoms with Crippen LogP contribution < -0.4 is 0 Å². The summed E-state index contributed by atoms with van der Waals surface area (Å²) in [5.41, 5.74) is 0. The van der Waals surface area contributed by atoms with Crippen LogP contribution in [0, 0.1) is 0 Å². The molecule has 0 aromatic carbocycles. The second kappa shape index (κ2) is 4.98. The highest BCUT2D eigenvalue weighted by Crippen LogP contribution is 2.22. The number of rotatable bonds is 3. The number of hydrogen-bond donors (Lipinski definition) is 0. The molecule has 1 rings (SSSR count). The van der Waals surface area contributed by atoms with E-state index in [1.807, 2.05) is 0 Å². The molecule has 0 aliphatic carbocycles. The molecule has 0 aliphatic heterocycles. The zero-order chi connectivity index (χ0) is 9.84. The van der Waals surface area contributed by atoms with Crippen molar-refractivity contribution in [3.05, 3.63) is 10.6 Å². The van der Waals surface area contributed by atoms with Gasteiger partial charge < -0.3 is 0 Å². The lowest BCUT2D eigenvalue weighted by atomic mass is 10.4. The fourth-order valence-electron chi connectivity index (χ4n) is 0.625. The van der Waals surface area contributed by atoms with Crippen molar-refractivity contribution in [2.75, 3.05) is 0 Å². The van der Waals surface area contributed by atoms with Crippen LogP contribution >= 0.6 is 35.0 Å². The van der Waals surface area contributed by atoms with Gasteiger partial charge in [-0.1, -0.05) is 25.6 Å². The van der Waals surface area contributed by atoms with Gasteiger partial charge in [0.15, 0.2) is 5.16 Å². The van der Waals surface area contributed by atoms with Gasteiger partial charge in [-0.15, -0.1) is 0 Å². The predicted octanol–water partition coefficient (Wildman–Crippen LogP) is 3.07. The van der Waals surface area contributed by atoms with Crippen molar-refractivity contribution in [2.45, 2.75) is 30.7 Å². The number of nitrogens with zero attached hydrogens (tertiary/aromatic N) is 3. The average Bonchev–Trinajstić information content (AvgIpc) is 2.02. The summed E-state index contributed by atoms with van der Waals surface area (Å²) in [4.78, 5) is 11.6. The largest absolute Gasteiger partial charge is 0.227 e. The van der Waals surface area contributed by atoms with Gasteiger partial charge in [0.25, 0.3) is 0 Å². The van der Waals surface area contributed by atoms with E-state index in [1.54, 1.807) is 11.8 Å². The van der Waals surface area contributed by atoms with Gasteiger partial charge in [-0.25, -0.2) is 0 Å². The quantitative estimate of drug-likeness (QED) is 0.758. The molecular formula is C7H9Cl2N3S. The summed E-state index contributed by atoms with van der Waals surface area (Å²) in [6, 6.07) is 0. The Labute approximate surface area is 91.3 Å². The first-order valence-corrected chi connectivity index (χ1v) is 5.49. The van der Waals surface area contributed by atoms with E-state index in [-0.39, 0.29) is 10.6 Å². The van der Waals surface area contributed by atoms with Crippen LogP contribution in [0.2, 0.25) is 10.6 Å². The molecule has 0 N–H and O–H groups in total. The normalized spacial score (nSPS) is 12.9. The Bertz CT molecular complexity index is 275. The summed E-state index contributed by atoms with van der Waals surface area (Å²) in [6.45, 7) is 4.19. The van der Waals surface area contributed by atoms with Crippen molar-refractivity contribution in [3.8, 4) is 0 Å². The maximum absolute atomic E-state index is 5.62. The SMILES string of the molecule is CCC(C)Sc1nc(Cl)nc(Cl)n1. The third kappa shape index (κ3) is 3.67. The van der Waals surface area contributed by atoms with Crippen LogP contribution in [0.15, 0.2) is 5.16 Å². The fourth-order valence-corrected chi connectivity index (χ4v) is 1.89. The molecule has 1 heterocycles. The molecule has 6 heteroatoms. The van der Waals surface area contributed by atoms with Crippen molar-refractivity contribution in [1.29, 1.82) is 0 Å². The molecular weight excluding hydrogens is 229 g/mol. The van der Waals surface area contributed by atoms with Gasteiger partial charge in [-0.3, -0.25) is 0 Å². The zero-order valence-electron chi connectivity index (χ0n) is 7.29. The first-order chi connectivity index (χ1) is 6.11. The topological polar surface area (TPSA) is 38.7 Å². The first-order valence-electron chi connectivity index (χ1n) is 3.85. The molecule has 0 saturated heterocycles. The van der Waals surface area contributed by atoms with Gasteiger partial charge in [0.2, 0.25) is 10.6 Å². The maximum atomic E-state index is 5.62. The van der Waals surface area contributed by atoms with Crippen molar-refractivity contribution >= 4 is 35.0 Å².